The van der Waals surface area contributed by atoms with E-state index in [0.29, 0.717) is 22.3 Å². The Morgan fingerprint density at radius 2 is 0.636 bits per heavy atom. The van der Waals surface area contributed by atoms with Crippen molar-refractivity contribution in [1.82, 2.24) is 0 Å². The third kappa shape index (κ3) is 19.7. The molecule has 0 aromatic heterocycles. The summed E-state index contributed by atoms with van der Waals surface area (Å²) in [5, 5.41) is 198. The van der Waals surface area contributed by atoms with Gasteiger partial charge in [-0.2, -0.15) is 0 Å². The van der Waals surface area contributed by atoms with Crippen molar-refractivity contribution >= 4 is 54.3 Å². The quantitative estimate of drug-likeness (QED) is 0.0201. The highest BCUT2D eigenvalue weighted by atomic mass is 16.7. The van der Waals surface area contributed by atoms with Crippen LogP contribution < -0.4 is 18.9 Å². The van der Waals surface area contributed by atoms with Gasteiger partial charge < -0.3 is 153 Å². The lowest BCUT2D eigenvalue weighted by Gasteiger charge is -2.41. The number of phenolic OH excluding ortho intramolecular Hbond substituents is 6. The van der Waals surface area contributed by atoms with E-state index in [-0.39, 0.29) is 28.6 Å². The maximum atomic E-state index is 13.0. The van der Waals surface area contributed by atoms with Gasteiger partial charge in [0, 0.05) is 42.0 Å². The maximum Gasteiger partial charge on any atom is 0.330 e. The van der Waals surface area contributed by atoms with Crippen molar-refractivity contribution in [3.8, 4) is 57.5 Å². The molecule has 586 valence electrons. The molecule has 0 amide bonds. The molecule has 35 nitrogen and oxygen atoms in total. The SMILES string of the molecule is O=C(/C=C\c1ccc(O)cc1)OC[C@H]1O[C@@H](Oc2cc(O)c3c(c2)OC(c2cc(O[C@@H]4O[C@H](COC(=O)/C=C/c5ccc(O)cc5)[C@@H](O)[C@@H](O)[C@@H]4O)c(O)c(O[C@@H]4O[C@H](COC(=O)/C=C/c5ccc(O)cc5)[C@@H](O)[C@@H](O)[C@H]4O)c2)C(O[C@@H]2O[C@H](COC(=O)/C=C/c4ccc(O)cc4)[C@@H](O)[C@@H](O)[C@H]2O)=C3)[C@H](O)[C@@H](O)[C@@H]1O. The van der Waals surface area contributed by atoms with E-state index in [1.165, 1.54) is 121 Å². The fraction of sp³-hybridized carbons (Fsp3) is 0.333. The van der Waals surface area contributed by atoms with E-state index in [2.05, 4.69) is 0 Å². The third-order valence-electron chi connectivity index (χ3n) is 17.7. The summed E-state index contributed by atoms with van der Waals surface area (Å²) in [7, 11) is 0. The van der Waals surface area contributed by atoms with Crippen LogP contribution in [0.3, 0.4) is 0 Å². The van der Waals surface area contributed by atoms with Gasteiger partial charge in [0.15, 0.2) is 17.6 Å². The van der Waals surface area contributed by atoms with Gasteiger partial charge in [-0.15, -0.1) is 0 Å². The number of phenols is 6. The molecule has 5 aliphatic heterocycles. The van der Waals surface area contributed by atoms with E-state index in [9.17, 15) is 111 Å². The van der Waals surface area contributed by atoms with Gasteiger partial charge >= 0.3 is 23.9 Å². The summed E-state index contributed by atoms with van der Waals surface area (Å²) < 4.78 is 75.6. The molecule has 0 bridgehead atoms. The molecule has 21 atom stereocenters. The molecule has 0 saturated carbocycles. The van der Waals surface area contributed by atoms with E-state index in [1.807, 2.05) is 0 Å². The van der Waals surface area contributed by atoms with E-state index in [0.717, 1.165) is 54.6 Å². The molecule has 0 spiro atoms. The van der Waals surface area contributed by atoms with Gasteiger partial charge in [-0.3, -0.25) is 0 Å². The Bertz CT molecular complexity index is 4210. The van der Waals surface area contributed by atoms with Crippen LogP contribution in [-0.2, 0) is 61.8 Å². The number of aromatic hydroxyl groups is 6. The van der Waals surface area contributed by atoms with E-state index in [4.69, 9.17) is 61.6 Å². The smallest absolute Gasteiger partial charge is 0.330 e. The van der Waals surface area contributed by atoms with Crippen LogP contribution in [0.15, 0.2) is 151 Å². The summed E-state index contributed by atoms with van der Waals surface area (Å²) >= 11 is 0. The predicted molar refractivity (Wildman–Crippen MR) is 370 cm³/mol. The number of aliphatic hydroxyl groups excluding tert-OH is 12. The van der Waals surface area contributed by atoms with Crippen LogP contribution in [0.2, 0.25) is 0 Å². The highest BCUT2D eigenvalue weighted by Crippen LogP contribution is 2.49. The summed E-state index contributed by atoms with van der Waals surface area (Å²) in [6.45, 7) is -3.24. The zero-order valence-corrected chi connectivity index (χ0v) is 57.2. The molecule has 110 heavy (non-hydrogen) atoms. The van der Waals surface area contributed by atoms with Crippen molar-refractivity contribution in [2.45, 2.75) is 129 Å². The highest BCUT2D eigenvalue weighted by molar-refractivity contribution is 5.89. The lowest BCUT2D eigenvalue weighted by molar-refractivity contribution is -0.294. The minimum atomic E-state index is -2.26. The Kier molecular flexibility index (Phi) is 25.9. The average Bonchev–Trinajstić information content (AvgIpc) is 0.759. The van der Waals surface area contributed by atoms with Gasteiger partial charge in [-0.25, -0.2) is 19.2 Å². The number of hydrogen-bond donors (Lipinski definition) is 18. The fourth-order valence-electron chi connectivity index (χ4n) is 11.5. The fourth-order valence-corrected chi connectivity index (χ4v) is 11.5. The number of esters is 4. The Labute approximate surface area is 622 Å². The first-order chi connectivity index (χ1) is 52.5. The second-order valence-corrected chi connectivity index (χ2v) is 25.5. The van der Waals surface area contributed by atoms with Crippen LogP contribution in [0, 0.1) is 0 Å². The number of benzene rings is 6. The molecule has 0 radical (unpaired) electrons. The number of ether oxygens (including phenoxy) is 13. The van der Waals surface area contributed by atoms with Gasteiger partial charge in [0.2, 0.25) is 30.9 Å². The van der Waals surface area contributed by atoms with Crippen molar-refractivity contribution in [2.75, 3.05) is 26.4 Å². The molecule has 4 saturated heterocycles. The predicted octanol–water partition coefficient (Wildman–Crippen LogP) is -0.195. The zero-order valence-electron chi connectivity index (χ0n) is 57.2. The summed E-state index contributed by atoms with van der Waals surface area (Å²) in [5.74, 6) is -9.23. The molecular weight excluding hydrogens is 1460 g/mol. The number of hydrogen-bond acceptors (Lipinski definition) is 35. The normalized spacial score (nSPS) is 29.5. The van der Waals surface area contributed by atoms with Crippen LogP contribution in [0.4, 0.5) is 0 Å². The van der Waals surface area contributed by atoms with Crippen molar-refractivity contribution in [3.05, 3.63) is 185 Å². The number of carbonyl (C=O) groups excluding carboxylic acids is 4. The number of carbonyl (C=O) groups is 4. The summed E-state index contributed by atoms with van der Waals surface area (Å²) in [4.78, 5) is 51.7. The maximum absolute atomic E-state index is 13.0. The largest absolute Gasteiger partial charge is 0.508 e. The molecule has 4 fully saturated rings. The van der Waals surface area contributed by atoms with E-state index in [1.54, 1.807) is 0 Å². The number of rotatable bonds is 25. The molecule has 1 unspecified atom stereocenters. The molecular formula is C75H76O35. The van der Waals surface area contributed by atoms with Gasteiger partial charge in [0.05, 0.1) is 5.56 Å². The highest BCUT2D eigenvalue weighted by Gasteiger charge is 2.51. The molecule has 0 aliphatic carbocycles. The molecule has 6 aromatic rings. The van der Waals surface area contributed by atoms with Crippen LogP contribution in [-0.4, -0.2) is 265 Å². The monoisotopic (exact) mass is 1540 g/mol. The lowest BCUT2D eigenvalue weighted by Crippen LogP contribution is -2.60. The van der Waals surface area contributed by atoms with Gasteiger partial charge in [-0.1, -0.05) is 48.5 Å². The molecule has 35 heteroatoms. The standard InChI is InChI=1S/C75H76O35/c76-39-13-1-34(2-14-39)9-21-54(81)98-30-50-59(86)63(90)67(94)72(107-50)102-43-27-45(80)44-29-49(106-75-70(97)66(93)62(89)53(110-75)33-101-57(84)24-12-37-7-19-42(79)20-8-37)71(103-46(44)28-43)38-25-47(104-73-68(95)64(91)60(87)51(108-73)31-99-55(82)22-10-35-3-15-40(77)16-4-35)58(85)48(26-38)105-74-69(96)65(92)61(88)52(109-74)32-100-56(83)23-11-36-5-17-41(78)18-6-36/h1-29,50-53,59-80,85-97H,30-33H2/b21-9-,22-10+,23-11+,24-12+/t50-,51-,52-,53-,59-,60-,61-,62-,63+,64-,65-,66-,67-,68-,69+,70-,71?,72-,73-,74-,75-/m1/s1. The zero-order chi connectivity index (χ0) is 78.8. The first-order valence-corrected chi connectivity index (χ1v) is 33.7. The Balaban J connectivity index is 0.934. The summed E-state index contributed by atoms with van der Waals surface area (Å²) in [6, 6.07) is 26.6. The van der Waals surface area contributed by atoms with Crippen molar-refractivity contribution in [3.63, 3.8) is 0 Å². The minimum Gasteiger partial charge on any atom is -0.508 e. The Morgan fingerprint density at radius 1 is 0.345 bits per heavy atom. The van der Waals surface area contributed by atoms with E-state index < -0.39 is 225 Å². The van der Waals surface area contributed by atoms with Gasteiger partial charge in [0.25, 0.3) is 0 Å². The second-order valence-electron chi connectivity index (χ2n) is 25.5. The molecule has 18 N–H and O–H groups in total. The lowest BCUT2D eigenvalue weighted by atomic mass is 9.98. The molecule has 11 rings (SSSR count). The van der Waals surface area contributed by atoms with Crippen LogP contribution in [0.1, 0.15) is 39.5 Å². The first kappa shape index (κ1) is 80.1. The van der Waals surface area contributed by atoms with Crippen molar-refractivity contribution in [1.29, 1.82) is 0 Å². The Hall–Kier alpha value is -10.9. The topological polar surface area (TPSA) is 552 Å². The van der Waals surface area contributed by atoms with Crippen LogP contribution in [0.5, 0.6) is 57.5 Å². The molecule has 5 aliphatic rings. The Morgan fingerprint density at radius 3 is 0.945 bits per heavy atom. The first-order valence-electron chi connectivity index (χ1n) is 33.7. The van der Waals surface area contributed by atoms with Crippen molar-refractivity contribution < 1.29 is 173 Å². The van der Waals surface area contributed by atoms with Gasteiger partial charge in [0.1, 0.15) is 170 Å². The summed E-state index contributed by atoms with van der Waals surface area (Å²) in [5.41, 5.74) is 1.14. The number of fused-ring (bicyclic) bond motifs is 1. The molecule has 5 heterocycles. The summed E-state index contributed by atoms with van der Waals surface area (Å²) in [6.07, 6.45) is -32.2. The minimum absolute atomic E-state index is 0.0346. The van der Waals surface area contributed by atoms with Crippen LogP contribution in [0.25, 0.3) is 30.4 Å². The molecule has 6 aromatic carbocycles. The second kappa shape index (κ2) is 35.6. The van der Waals surface area contributed by atoms with Gasteiger partial charge in [-0.05, 0) is 113 Å². The average molecular weight is 1540 g/mol. The van der Waals surface area contributed by atoms with Crippen LogP contribution >= 0.6 is 0 Å². The van der Waals surface area contributed by atoms with Crippen molar-refractivity contribution in [2.24, 2.45) is 0 Å². The van der Waals surface area contributed by atoms with E-state index >= 15 is 0 Å². The third-order valence-corrected chi connectivity index (χ3v) is 17.7. The number of aliphatic hydroxyl groups is 12.